The molecule has 0 aliphatic carbocycles. The number of carbonyl (C=O) groups excluding carboxylic acids is 1. The minimum atomic E-state index is -0.298. The van der Waals surface area contributed by atoms with Crippen LogP contribution in [0.4, 0.5) is 4.39 Å². The molecular weight excluding hydrogens is 259 g/mol. The van der Waals surface area contributed by atoms with Crippen LogP contribution in [0.25, 0.3) is 0 Å². The van der Waals surface area contributed by atoms with Gasteiger partial charge < -0.3 is 4.74 Å². The lowest BCUT2D eigenvalue weighted by molar-refractivity contribution is -0.147. The molecule has 0 spiro atoms. The summed E-state index contributed by atoms with van der Waals surface area (Å²) < 4.78 is 17.9. The van der Waals surface area contributed by atoms with Crippen LogP contribution < -0.4 is 0 Å². The Morgan fingerprint density at radius 2 is 2.20 bits per heavy atom. The third kappa shape index (κ3) is 3.14. The molecule has 0 saturated carbocycles. The highest BCUT2D eigenvalue weighted by Gasteiger charge is 2.35. The zero-order valence-corrected chi connectivity index (χ0v) is 11.4. The first kappa shape index (κ1) is 14.5. The lowest BCUT2D eigenvalue weighted by atomic mass is 9.80. The van der Waals surface area contributed by atoms with Crippen molar-refractivity contribution in [3.05, 3.63) is 35.6 Å². The molecule has 1 aliphatic rings. The Balaban J connectivity index is 2.23. The Morgan fingerprint density at radius 1 is 1.50 bits per heavy atom. The quantitative estimate of drug-likeness (QED) is 0.625. The molecule has 1 aromatic carbocycles. The molecule has 1 aromatic rings. The van der Waals surface area contributed by atoms with E-state index in [1.807, 2.05) is 4.90 Å². The fourth-order valence-electron chi connectivity index (χ4n) is 2.74. The molecule has 0 radical (unpaired) electrons. The van der Waals surface area contributed by atoms with Crippen LogP contribution in [0, 0.1) is 23.1 Å². The van der Waals surface area contributed by atoms with Crippen molar-refractivity contribution in [2.24, 2.45) is 5.92 Å². The van der Waals surface area contributed by atoms with Crippen LogP contribution in [0.5, 0.6) is 0 Å². The van der Waals surface area contributed by atoms with Crippen LogP contribution in [0.15, 0.2) is 24.3 Å². The first-order chi connectivity index (χ1) is 9.65. The van der Waals surface area contributed by atoms with Gasteiger partial charge in [-0.15, -0.1) is 0 Å². The first-order valence-electron chi connectivity index (χ1n) is 6.58. The third-order valence-corrected chi connectivity index (χ3v) is 3.79. The average Bonchev–Trinajstić information content (AvgIpc) is 2.47. The minimum absolute atomic E-state index is 0.0647. The first-order valence-corrected chi connectivity index (χ1v) is 6.58. The molecule has 1 fully saturated rings. The molecule has 4 nitrogen and oxygen atoms in total. The molecule has 0 N–H and O–H groups in total. The fraction of sp³-hybridized carbons (Fsp3) is 0.467. The van der Waals surface area contributed by atoms with Crippen molar-refractivity contribution in [2.75, 3.05) is 26.7 Å². The van der Waals surface area contributed by atoms with Gasteiger partial charge in [-0.3, -0.25) is 9.69 Å². The van der Waals surface area contributed by atoms with Gasteiger partial charge in [0.1, 0.15) is 5.82 Å². The highest BCUT2D eigenvalue weighted by atomic mass is 19.1. The molecule has 0 bridgehead atoms. The summed E-state index contributed by atoms with van der Waals surface area (Å²) in [5.41, 5.74) is 0.907. The Morgan fingerprint density at radius 3 is 2.80 bits per heavy atom. The molecular formula is C15H17FN2O2. The molecule has 2 unspecified atom stereocenters. The van der Waals surface area contributed by atoms with Crippen LogP contribution in [-0.4, -0.2) is 37.6 Å². The molecule has 1 aliphatic heterocycles. The van der Waals surface area contributed by atoms with E-state index in [9.17, 15) is 9.18 Å². The largest absolute Gasteiger partial charge is 0.469 e. The molecule has 5 heteroatoms. The number of benzene rings is 1. The predicted octanol–water partition coefficient (Wildman–Crippen LogP) is 1.93. The summed E-state index contributed by atoms with van der Waals surface area (Å²) in [4.78, 5) is 13.9. The number of esters is 1. The molecule has 0 amide bonds. The summed E-state index contributed by atoms with van der Waals surface area (Å²) in [6, 6.07) is 8.32. The molecule has 0 aromatic heterocycles. The molecule has 2 atom stereocenters. The Hall–Kier alpha value is -1.93. The topological polar surface area (TPSA) is 53.3 Å². The molecule has 20 heavy (non-hydrogen) atoms. The average molecular weight is 276 g/mol. The lowest BCUT2D eigenvalue weighted by Crippen LogP contribution is -2.42. The van der Waals surface area contributed by atoms with E-state index < -0.39 is 0 Å². The summed E-state index contributed by atoms with van der Waals surface area (Å²) in [5, 5.41) is 8.80. The standard InChI is InChI=1S/C15H17FN2O2/c1-20-15(19)13-6-8-18(9-7-17)10-14(13)11-2-4-12(16)5-3-11/h2-5,13-14H,6,8-10H2,1H3. The second-order valence-corrected chi connectivity index (χ2v) is 4.97. The summed E-state index contributed by atoms with van der Waals surface area (Å²) in [6.07, 6.45) is 0.649. The maximum atomic E-state index is 13.0. The van der Waals surface area contributed by atoms with Crippen LogP contribution in [0.1, 0.15) is 17.9 Å². The second-order valence-electron chi connectivity index (χ2n) is 4.97. The van der Waals surface area contributed by atoms with E-state index in [4.69, 9.17) is 10.00 Å². The number of methoxy groups -OCH3 is 1. The van der Waals surface area contributed by atoms with Crippen LogP contribution in [0.3, 0.4) is 0 Å². The monoisotopic (exact) mass is 276 g/mol. The van der Waals surface area contributed by atoms with Crippen LogP contribution in [0.2, 0.25) is 0 Å². The zero-order chi connectivity index (χ0) is 14.5. The van der Waals surface area contributed by atoms with E-state index in [1.165, 1.54) is 19.2 Å². The summed E-state index contributed by atoms with van der Waals surface area (Å²) in [7, 11) is 1.38. The summed E-state index contributed by atoms with van der Waals surface area (Å²) in [6.45, 7) is 1.65. The second kappa shape index (κ2) is 6.49. The van der Waals surface area contributed by atoms with E-state index in [2.05, 4.69) is 6.07 Å². The molecule has 1 saturated heterocycles. The van der Waals surface area contributed by atoms with E-state index in [0.717, 1.165) is 5.56 Å². The predicted molar refractivity (Wildman–Crippen MR) is 71.3 cm³/mol. The van der Waals surface area contributed by atoms with Gasteiger partial charge in [-0.2, -0.15) is 5.26 Å². The number of nitrogens with zero attached hydrogens (tertiary/aromatic N) is 2. The minimum Gasteiger partial charge on any atom is -0.469 e. The van der Waals surface area contributed by atoms with Gasteiger partial charge in [-0.05, 0) is 24.1 Å². The SMILES string of the molecule is COC(=O)C1CCN(CC#N)CC1c1ccc(F)cc1. The maximum absolute atomic E-state index is 13.0. The normalized spacial score (nSPS) is 23.1. The van der Waals surface area contributed by atoms with Crippen molar-refractivity contribution >= 4 is 5.97 Å². The maximum Gasteiger partial charge on any atom is 0.309 e. The van der Waals surface area contributed by atoms with E-state index in [1.54, 1.807) is 12.1 Å². The number of halogens is 1. The number of hydrogen-bond donors (Lipinski definition) is 0. The van der Waals surface area contributed by atoms with Crippen LogP contribution >= 0.6 is 0 Å². The highest BCUT2D eigenvalue weighted by molar-refractivity contribution is 5.73. The van der Waals surface area contributed by atoms with Gasteiger partial charge in [0.2, 0.25) is 0 Å². The Bertz CT molecular complexity index is 510. The van der Waals surface area contributed by atoms with Gasteiger partial charge >= 0.3 is 5.97 Å². The Labute approximate surface area is 117 Å². The van der Waals surface area contributed by atoms with E-state index >= 15 is 0 Å². The van der Waals surface area contributed by atoms with E-state index in [0.29, 0.717) is 26.1 Å². The van der Waals surface area contributed by atoms with Crippen molar-refractivity contribution in [3.8, 4) is 6.07 Å². The van der Waals surface area contributed by atoms with Gasteiger partial charge in [0.25, 0.3) is 0 Å². The molecule has 2 rings (SSSR count). The number of nitriles is 1. The zero-order valence-electron chi connectivity index (χ0n) is 11.4. The van der Waals surface area contributed by atoms with Gasteiger partial charge in [0.05, 0.1) is 25.6 Å². The van der Waals surface area contributed by atoms with Crippen molar-refractivity contribution in [1.29, 1.82) is 5.26 Å². The van der Waals surface area contributed by atoms with E-state index in [-0.39, 0.29) is 23.6 Å². The number of hydrogen-bond acceptors (Lipinski definition) is 4. The van der Waals surface area contributed by atoms with Gasteiger partial charge in [0.15, 0.2) is 0 Å². The number of piperidine rings is 1. The fourth-order valence-corrected chi connectivity index (χ4v) is 2.74. The number of rotatable bonds is 3. The van der Waals surface area contributed by atoms with Crippen molar-refractivity contribution in [3.63, 3.8) is 0 Å². The molecule has 106 valence electrons. The smallest absolute Gasteiger partial charge is 0.309 e. The van der Waals surface area contributed by atoms with Gasteiger partial charge in [0, 0.05) is 19.0 Å². The van der Waals surface area contributed by atoms with Crippen molar-refractivity contribution in [2.45, 2.75) is 12.3 Å². The Kier molecular flexibility index (Phi) is 4.70. The lowest BCUT2D eigenvalue weighted by Gasteiger charge is -2.36. The van der Waals surface area contributed by atoms with Gasteiger partial charge in [-0.1, -0.05) is 12.1 Å². The number of likely N-dealkylation sites (tertiary alicyclic amines) is 1. The van der Waals surface area contributed by atoms with Crippen molar-refractivity contribution < 1.29 is 13.9 Å². The third-order valence-electron chi connectivity index (χ3n) is 3.79. The van der Waals surface area contributed by atoms with Crippen molar-refractivity contribution in [1.82, 2.24) is 4.90 Å². The van der Waals surface area contributed by atoms with Gasteiger partial charge in [-0.25, -0.2) is 4.39 Å². The molecule has 1 heterocycles. The number of carbonyl (C=O) groups is 1. The highest BCUT2D eigenvalue weighted by Crippen LogP contribution is 2.33. The summed E-state index contributed by atoms with van der Waals surface area (Å²) in [5.74, 6) is -0.838. The van der Waals surface area contributed by atoms with Crippen LogP contribution in [-0.2, 0) is 9.53 Å². The summed E-state index contributed by atoms with van der Waals surface area (Å²) >= 11 is 0. The number of ether oxygens (including phenoxy) is 1.